The quantitative estimate of drug-likeness (QED) is 0.425. The normalized spacial score (nSPS) is 11.4. The lowest BCUT2D eigenvalue weighted by Gasteiger charge is -2.13. The van der Waals surface area contributed by atoms with Crippen LogP contribution in [0.5, 0.6) is 0 Å². The van der Waals surface area contributed by atoms with Crippen molar-refractivity contribution in [2.45, 2.75) is 36.8 Å². The second kappa shape index (κ2) is 10.4. The molecule has 1 unspecified atom stereocenters. The molecule has 0 aliphatic rings. The van der Waals surface area contributed by atoms with E-state index in [1.807, 2.05) is 6.07 Å². The fraction of sp³-hybridized carbons (Fsp3) is 0.238. The molecule has 152 valence electrons. The van der Waals surface area contributed by atoms with Crippen molar-refractivity contribution in [2.24, 2.45) is 0 Å². The van der Waals surface area contributed by atoms with E-state index in [0.29, 0.717) is 16.9 Å². The number of Topliss-reactive ketones (excluding diaryl/α,β-unsaturated/α-hetero) is 1. The largest absolute Gasteiger partial charge is 0.481 e. The highest BCUT2D eigenvalue weighted by Crippen LogP contribution is 2.26. The number of carbonyl (C=O) groups is 4. The van der Waals surface area contributed by atoms with Gasteiger partial charge in [0.2, 0.25) is 11.8 Å². The molecule has 2 rings (SSSR count). The zero-order valence-electron chi connectivity index (χ0n) is 16.1. The van der Waals surface area contributed by atoms with Crippen LogP contribution in [0.2, 0.25) is 0 Å². The van der Waals surface area contributed by atoms with Gasteiger partial charge in [-0.25, -0.2) is 0 Å². The molecule has 0 saturated carbocycles. The van der Waals surface area contributed by atoms with Crippen molar-refractivity contribution in [1.29, 1.82) is 0 Å². The van der Waals surface area contributed by atoms with Crippen LogP contribution in [0.25, 0.3) is 0 Å². The van der Waals surface area contributed by atoms with E-state index >= 15 is 0 Å². The van der Waals surface area contributed by atoms with Crippen LogP contribution < -0.4 is 10.6 Å². The van der Waals surface area contributed by atoms with Crippen molar-refractivity contribution in [3.8, 4) is 0 Å². The van der Waals surface area contributed by atoms with Crippen molar-refractivity contribution < 1.29 is 24.3 Å². The number of hydrogen-bond donors (Lipinski definition) is 3. The number of thioether (sulfide) groups is 1. The molecule has 0 fully saturated rings. The van der Waals surface area contributed by atoms with Crippen LogP contribution in [0.15, 0.2) is 53.4 Å². The molecule has 0 aromatic heterocycles. The van der Waals surface area contributed by atoms with Crippen LogP contribution in [0.4, 0.5) is 11.4 Å². The van der Waals surface area contributed by atoms with Gasteiger partial charge < -0.3 is 15.7 Å². The molecule has 7 nitrogen and oxygen atoms in total. The van der Waals surface area contributed by atoms with Crippen molar-refractivity contribution in [3.05, 3.63) is 54.1 Å². The Bertz CT molecular complexity index is 912. The Labute approximate surface area is 172 Å². The fourth-order valence-electron chi connectivity index (χ4n) is 2.38. The summed E-state index contributed by atoms with van der Waals surface area (Å²) in [7, 11) is 0. The van der Waals surface area contributed by atoms with Crippen LogP contribution in [0.3, 0.4) is 0 Å². The van der Waals surface area contributed by atoms with Crippen LogP contribution in [-0.4, -0.2) is 33.9 Å². The van der Waals surface area contributed by atoms with Gasteiger partial charge >= 0.3 is 5.97 Å². The highest BCUT2D eigenvalue weighted by molar-refractivity contribution is 8.00. The van der Waals surface area contributed by atoms with Gasteiger partial charge in [-0.15, -0.1) is 11.8 Å². The Kier molecular flexibility index (Phi) is 7.97. The molecule has 3 N–H and O–H groups in total. The first-order chi connectivity index (χ1) is 13.7. The molecule has 29 heavy (non-hydrogen) atoms. The van der Waals surface area contributed by atoms with Gasteiger partial charge in [0.1, 0.15) is 0 Å². The number of benzene rings is 2. The van der Waals surface area contributed by atoms with Crippen molar-refractivity contribution in [1.82, 2.24) is 0 Å². The van der Waals surface area contributed by atoms with Gasteiger partial charge in [0.15, 0.2) is 5.78 Å². The van der Waals surface area contributed by atoms with E-state index in [-0.39, 0.29) is 30.4 Å². The molecule has 0 heterocycles. The van der Waals surface area contributed by atoms with Crippen LogP contribution in [-0.2, 0) is 14.4 Å². The second-order valence-electron chi connectivity index (χ2n) is 6.35. The van der Waals surface area contributed by atoms with Crippen LogP contribution in [0, 0.1) is 0 Å². The van der Waals surface area contributed by atoms with E-state index in [0.717, 1.165) is 4.90 Å². The molecule has 0 aliphatic heterocycles. The number of carboxylic acids is 1. The molecular weight excluding hydrogens is 392 g/mol. The first-order valence-corrected chi connectivity index (χ1v) is 9.83. The lowest BCUT2D eigenvalue weighted by Crippen LogP contribution is -2.22. The number of anilines is 2. The third-order valence-electron chi connectivity index (χ3n) is 3.92. The number of amides is 2. The fourth-order valence-corrected chi connectivity index (χ4v) is 3.31. The van der Waals surface area contributed by atoms with E-state index in [4.69, 9.17) is 5.11 Å². The topological polar surface area (TPSA) is 113 Å². The second-order valence-corrected chi connectivity index (χ2v) is 7.77. The minimum Gasteiger partial charge on any atom is -0.481 e. The summed E-state index contributed by atoms with van der Waals surface area (Å²) in [5.41, 5.74) is 1.72. The number of aliphatic carboxylic acids is 1. The number of carboxylic acid groups (broad SMARTS) is 1. The van der Waals surface area contributed by atoms with Crippen molar-refractivity contribution >= 4 is 46.7 Å². The number of hydrogen-bond acceptors (Lipinski definition) is 5. The van der Waals surface area contributed by atoms with Crippen LogP contribution >= 0.6 is 11.8 Å². The Hall–Kier alpha value is -3.13. The summed E-state index contributed by atoms with van der Waals surface area (Å²) in [6.07, 6.45) is -0.335. The van der Waals surface area contributed by atoms with Gasteiger partial charge in [0.05, 0.1) is 11.7 Å². The van der Waals surface area contributed by atoms with Gasteiger partial charge in [0.25, 0.3) is 0 Å². The van der Waals surface area contributed by atoms with Crippen molar-refractivity contribution in [2.75, 3.05) is 10.6 Å². The van der Waals surface area contributed by atoms with Crippen molar-refractivity contribution in [3.63, 3.8) is 0 Å². The lowest BCUT2D eigenvalue weighted by atomic mass is 10.1. The van der Waals surface area contributed by atoms with Gasteiger partial charge in [0, 0.05) is 28.3 Å². The molecule has 0 bridgehead atoms. The predicted molar refractivity (Wildman–Crippen MR) is 112 cm³/mol. The van der Waals surface area contributed by atoms with Crippen LogP contribution in [0.1, 0.15) is 37.0 Å². The maximum Gasteiger partial charge on any atom is 0.303 e. The van der Waals surface area contributed by atoms with E-state index < -0.39 is 11.2 Å². The minimum atomic E-state index is -1.03. The minimum absolute atomic E-state index is 0.0401. The van der Waals surface area contributed by atoms with Gasteiger partial charge in [-0.05, 0) is 56.3 Å². The maximum absolute atomic E-state index is 12.4. The average molecular weight is 414 g/mol. The summed E-state index contributed by atoms with van der Waals surface area (Å²) in [5.74, 6) is -1.64. The monoisotopic (exact) mass is 414 g/mol. The van der Waals surface area contributed by atoms with Gasteiger partial charge in [-0.2, -0.15) is 0 Å². The third-order valence-corrected chi connectivity index (χ3v) is 5.02. The zero-order chi connectivity index (χ0) is 21.4. The number of carbonyl (C=O) groups excluding carboxylic acids is 3. The van der Waals surface area contributed by atoms with E-state index in [9.17, 15) is 19.2 Å². The summed E-state index contributed by atoms with van der Waals surface area (Å²) in [5, 5.41) is 13.7. The first kappa shape index (κ1) is 22.2. The summed E-state index contributed by atoms with van der Waals surface area (Å²) >= 11 is 1.33. The number of nitrogens with one attached hydrogen (secondary N) is 2. The molecule has 8 heteroatoms. The Morgan fingerprint density at radius 2 is 1.66 bits per heavy atom. The lowest BCUT2D eigenvalue weighted by molar-refractivity contribution is -0.138. The standard InChI is InChI=1S/C21H22N2O5S/c1-13(24)15-6-8-16(9-7-15)23-21(28)14(2)29-18-5-3-4-17(12-18)22-19(25)10-11-20(26)27/h3-9,12,14H,10-11H2,1-2H3,(H,22,25)(H,23,28)(H,26,27). The summed E-state index contributed by atoms with van der Waals surface area (Å²) in [6.45, 7) is 3.25. The summed E-state index contributed by atoms with van der Waals surface area (Å²) in [4.78, 5) is 46.8. The first-order valence-electron chi connectivity index (χ1n) is 8.95. The Morgan fingerprint density at radius 3 is 2.28 bits per heavy atom. The molecule has 0 spiro atoms. The SMILES string of the molecule is CC(=O)c1ccc(NC(=O)C(C)Sc2cccc(NC(=O)CCC(=O)O)c2)cc1. The van der Waals surface area contributed by atoms with E-state index in [1.165, 1.54) is 18.7 Å². The highest BCUT2D eigenvalue weighted by atomic mass is 32.2. The molecule has 2 aromatic rings. The van der Waals surface area contributed by atoms with E-state index in [1.54, 1.807) is 49.4 Å². The summed E-state index contributed by atoms with van der Waals surface area (Å²) in [6, 6.07) is 13.7. The van der Waals surface area contributed by atoms with Gasteiger partial charge in [-0.1, -0.05) is 6.07 Å². The zero-order valence-corrected chi connectivity index (χ0v) is 16.9. The molecule has 0 radical (unpaired) electrons. The molecule has 2 amide bonds. The predicted octanol–water partition coefficient (Wildman–Crippen LogP) is 3.81. The number of ketones is 1. The average Bonchev–Trinajstić information content (AvgIpc) is 2.67. The van der Waals surface area contributed by atoms with Gasteiger partial charge in [-0.3, -0.25) is 19.2 Å². The Morgan fingerprint density at radius 1 is 0.966 bits per heavy atom. The molecule has 0 saturated heterocycles. The number of rotatable bonds is 9. The summed E-state index contributed by atoms with van der Waals surface area (Å²) < 4.78 is 0. The highest BCUT2D eigenvalue weighted by Gasteiger charge is 2.15. The molecule has 2 aromatic carbocycles. The molecular formula is C21H22N2O5S. The molecule has 1 atom stereocenters. The molecule has 0 aliphatic carbocycles. The third kappa shape index (κ3) is 7.42. The van der Waals surface area contributed by atoms with E-state index in [2.05, 4.69) is 10.6 Å². The maximum atomic E-state index is 12.4. The smallest absolute Gasteiger partial charge is 0.303 e. The Balaban J connectivity index is 1.93.